The van der Waals surface area contributed by atoms with Crippen LogP contribution in [0.1, 0.15) is 32.1 Å². The van der Waals surface area contributed by atoms with Gasteiger partial charge in [0, 0.05) is 11.9 Å². The van der Waals surface area contributed by atoms with Crippen molar-refractivity contribution < 1.29 is 14.7 Å². The average Bonchev–Trinajstić information content (AvgIpc) is 2.38. The zero-order valence-electron chi connectivity index (χ0n) is 11.0. The molecule has 1 amide bonds. The molecule has 2 N–H and O–H groups in total. The van der Waals surface area contributed by atoms with E-state index in [0.717, 1.165) is 5.69 Å². The number of hydrogen-bond donors (Lipinski definition) is 2. The molecule has 0 atom stereocenters. The van der Waals surface area contributed by atoms with Crippen LogP contribution < -0.4 is 5.32 Å². The highest BCUT2D eigenvalue weighted by Gasteiger charge is 2.11. The second kappa shape index (κ2) is 5.48. The van der Waals surface area contributed by atoms with Gasteiger partial charge in [0.2, 0.25) is 0 Å². The standard InChI is InChI=1S/C14H13N3O3/c1-8-3-4-12(9(2)16-8)13(18)17-11-5-10(14(19)20)6-15-7-11/h3-7H,1-2H3,(H,17,18)(H,19,20). The summed E-state index contributed by atoms with van der Waals surface area (Å²) in [5.41, 5.74) is 2.23. The van der Waals surface area contributed by atoms with Gasteiger partial charge in [-0.3, -0.25) is 14.8 Å². The van der Waals surface area contributed by atoms with Gasteiger partial charge in [-0.1, -0.05) is 0 Å². The van der Waals surface area contributed by atoms with Gasteiger partial charge in [0.1, 0.15) is 0 Å². The van der Waals surface area contributed by atoms with E-state index in [2.05, 4.69) is 15.3 Å². The van der Waals surface area contributed by atoms with Gasteiger partial charge < -0.3 is 10.4 Å². The molecule has 0 bridgehead atoms. The number of carboxylic acids is 1. The number of amides is 1. The van der Waals surface area contributed by atoms with E-state index in [0.29, 0.717) is 16.9 Å². The van der Waals surface area contributed by atoms with Crippen LogP contribution in [0.25, 0.3) is 0 Å². The summed E-state index contributed by atoms with van der Waals surface area (Å²) in [5, 5.41) is 11.5. The summed E-state index contributed by atoms with van der Waals surface area (Å²) in [7, 11) is 0. The van der Waals surface area contributed by atoms with Gasteiger partial charge in [0.15, 0.2) is 0 Å². The first kappa shape index (κ1) is 13.7. The molecule has 2 heterocycles. The third-order valence-corrected chi connectivity index (χ3v) is 2.71. The molecule has 0 spiro atoms. The van der Waals surface area contributed by atoms with Crippen molar-refractivity contribution in [2.24, 2.45) is 0 Å². The van der Waals surface area contributed by atoms with Gasteiger partial charge in [-0.2, -0.15) is 0 Å². The Hall–Kier alpha value is -2.76. The lowest BCUT2D eigenvalue weighted by atomic mass is 10.1. The first-order chi connectivity index (χ1) is 9.47. The molecule has 0 unspecified atom stereocenters. The lowest BCUT2D eigenvalue weighted by Crippen LogP contribution is -2.15. The summed E-state index contributed by atoms with van der Waals surface area (Å²) in [4.78, 5) is 30.9. The molecule has 2 rings (SSSR count). The SMILES string of the molecule is Cc1ccc(C(=O)Nc2cncc(C(=O)O)c2)c(C)n1. The molecular formula is C14H13N3O3. The molecule has 0 aliphatic rings. The fraction of sp³-hybridized carbons (Fsp3) is 0.143. The first-order valence-electron chi connectivity index (χ1n) is 5.91. The van der Waals surface area contributed by atoms with E-state index in [1.807, 2.05) is 6.92 Å². The normalized spacial score (nSPS) is 10.1. The van der Waals surface area contributed by atoms with Crippen molar-refractivity contribution in [3.05, 3.63) is 53.1 Å². The Morgan fingerprint density at radius 1 is 1.20 bits per heavy atom. The average molecular weight is 271 g/mol. The van der Waals surface area contributed by atoms with Crippen LogP contribution in [-0.4, -0.2) is 27.0 Å². The number of aromatic carboxylic acids is 1. The van der Waals surface area contributed by atoms with Gasteiger partial charge in [0.05, 0.1) is 28.7 Å². The molecule has 2 aromatic rings. The highest BCUT2D eigenvalue weighted by atomic mass is 16.4. The zero-order chi connectivity index (χ0) is 14.7. The molecule has 20 heavy (non-hydrogen) atoms. The molecule has 0 aromatic carbocycles. The molecule has 2 aromatic heterocycles. The van der Waals surface area contributed by atoms with E-state index in [9.17, 15) is 9.59 Å². The predicted molar refractivity (Wildman–Crippen MR) is 72.9 cm³/mol. The minimum absolute atomic E-state index is 0.0153. The molecule has 102 valence electrons. The fourth-order valence-corrected chi connectivity index (χ4v) is 1.75. The Morgan fingerprint density at radius 2 is 1.95 bits per heavy atom. The molecule has 6 heteroatoms. The lowest BCUT2D eigenvalue weighted by Gasteiger charge is -2.08. The number of rotatable bonds is 3. The molecule has 0 aliphatic carbocycles. The van der Waals surface area contributed by atoms with Crippen LogP contribution in [0, 0.1) is 13.8 Å². The van der Waals surface area contributed by atoms with Crippen LogP contribution in [0.3, 0.4) is 0 Å². The topological polar surface area (TPSA) is 92.2 Å². The maximum Gasteiger partial charge on any atom is 0.337 e. The molecule has 0 saturated carbocycles. The number of nitrogens with zero attached hydrogens (tertiary/aromatic N) is 2. The number of aryl methyl sites for hydroxylation is 2. The zero-order valence-corrected chi connectivity index (χ0v) is 11.0. The third kappa shape index (κ3) is 2.97. The molecule has 0 aliphatic heterocycles. The highest BCUT2D eigenvalue weighted by molar-refractivity contribution is 6.05. The van der Waals surface area contributed by atoms with Crippen LogP contribution in [0.2, 0.25) is 0 Å². The molecule has 0 fully saturated rings. The number of anilines is 1. The summed E-state index contributed by atoms with van der Waals surface area (Å²) in [6.07, 6.45) is 2.61. The van der Waals surface area contributed by atoms with E-state index in [4.69, 9.17) is 5.11 Å². The number of aromatic nitrogens is 2. The Kier molecular flexibility index (Phi) is 3.74. The lowest BCUT2D eigenvalue weighted by molar-refractivity contribution is 0.0696. The number of nitrogens with one attached hydrogen (secondary N) is 1. The van der Waals surface area contributed by atoms with Crippen LogP contribution in [0.15, 0.2) is 30.6 Å². The fourth-order valence-electron chi connectivity index (χ4n) is 1.75. The van der Waals surface area contributed by atoms with Crippen molar-refractivity contribution in [2.75, 3.05) is 5.32 Å². The summed E-state index contributed by atoms with van der Waals surface area (Å²) >= 11 is 0. The maximum absolute atomic E-state index is 12.1. The van der Waals surface area contributed by atoms with Gasteiger partial charge >= 0.3 is 5.97 Å². The minimum Gasteiger partial charge on any atom is -0.478 e. The van der Waals surface area contributed by atoms with E-state index >= 15 is 0 Å². The number of pyridine rings is 2. The van der Waals surface area contributed by atoms with Gasteiger partial charge in [0.25, 0.3) is 5.91 Å². The van der Waals surface area contributed by atoms with E-state index in [-0.39, 0.29) is 11.5 Å². The van der Waals surface area contributed by atoms with Crippen LogP contribution >= 0.6 is 0 Å². The minimum atomic E-state index is -1.10. The Balaban J connectivity index is 2.23. The number of hydrogen-bond acceptors (Lipinski definition) is 4. The first-order valence-corrected chi connectivity index (χ1v) is 5.91. The van der Waals surface area contributed by atoms with Crippen LogP contribution in [-0.2, 0) is 0 Å². The van der Waals surface area contributed by atoms with Crippen LogP contribution in [0.4, 0.5) is 5.69 Å². The number of carboxylic acid groups (broad SMARTS) is 1. The summed E-state index contributed by atoms with van der Waals surface area (Å²) in [6.45, 7) is 3.59. The monoisotopic (exact) mass is 271 g/mol. The van der Waals surface area contributed by atoms with E-state index in [1.54, 1.807) is 19.1 Å². The van der Waals surface area contributed by atoms with Crippen molar-refractivity contribution in [1.82, 2.24) is 9.97 Å². The molecule has 6 nitrogen and oxygen atoms in total. The van der Waals surface area contributed by atoms with Gasteiger partial charge in [-0.05, 0) is 32.0 Å². The van der Waals surface area contributed by atoms with E-state index < -0.39 is 5.97 Å². The number of carbonyl (C=O) groups is 2. The second-order valence-electron chi connectivity index (χ2n) is 4.31. The Labute approximate surface area is 115 Å². The Morgan fingerprint density at radius 3 is 2.60 bits per heavy atom. The van der Waals surface area contributed by atoms with Gasteiger partial charge in [-0.25, -0.2) is 4.79 Å². The van der Waals surface area contributed by atoms with Crippen LogP contribution in [0.5, 0.6) is 0 Å². The largest absolute Gasteiger partial charge is 0.478 e. The van der Waals surface area contributed by atoms with Crippen molar-refractivity contribution in [2.45, 2.75) is 13.8 Å². The second-order valence-corrected chi connectivity index (χ2v) is 4.31. The third-order valence-electron chi connectivity index (χ3n) is 2.71. The van der Waals surface area contributed by atoms with Crippen molar-refractivity contribution in [3.63, 3.8) is 0 Å². The molecular weight excluding hydrogens is 258 g/mol. The maximum atomic E-state index is 12.1. The highest BCUT2D eigenvalue weighted by Crippen LogP contribution is 2.12. The van der Waals surface area contributed by atoms with Crippen molar-refractivity contribution in [1.29, 1.82) is 0 Å². The summed E-state index contributed by atoms with van der Waals surface area (Å²) < 4.78 is 0. The van der Waals surface area contributed by atoms with E-state index in [1.165, 1.54) is 18.5 Å². The molecule has 0 radical (unpaired) electrons. The quantitative estimate of drug-likeness (QED) is 0.891. The smallest absolute Gasteiger partial charge is 0.337 e. The van der Waals surface area contributed by atoms with Gasteiger partial charge in [-0.15, -0.1) is 0 Å². The summed E-state index contributed by atoms with van der Waals surface area (Å²) in [6, 6.07) is 4.78. The van der Waals surface area contributed by atoms with Crippen molar-refractivity contribution in [3.8, 4) is 0 Å². The molecule has 0 saturated heterocycles. The number of carbonyl (C=O) groups excluding carboxylic acids is 1. The summed E-state index contributed by atoms with van der Waals surface area (Å²) in [5.74, 6) is -1.44. The predicted octanol–water partition coefficient (Wildman–Crippen LogP) is 2.04. The Bertz CT molecular complexity index is 683. The van der Waals surface area contributed by atoms with Crippen molar-refractivity contribution >= 4 is 17.6 Å².